The second-order valence-electron chi connectivity index (χ2n) is 6.45. The SMILES string of the molecule is CN=C(NCc1cccc(COC)c1)NC1CCN(S(=O)(=O)C(F)(F)F)CC1.I. The van der Waals surface area contributed by atoms with Crippen LogP contribution in [0.2, 0.25) is 0 Å². The molecule has 12 heteroatoms. The van der Waals surface area contributed by atoms with Gasteiger partial charge in [-0.2, -0.15) is 17.5 Å². The molecular weight excluding hydrogens is 524 g/mol. The van der Waals surface area contributed by atoms with E-state index in [2.05, 4.69) is 15.6 Å². The second kappa shape index (κ2) is 11.3. The summed E-state index contributed by atoms with van der Waals surface area (Å²) in [4.78, 5) is 4.12. The summed E-state index contributed by atoms with van der Waals surface area (Å²) in [5.41, 5.74) is -3.19. The number of hydrogen-bond acceptors (Lipinski definition) is 4. The Morgan fingerprint density at radius 1 is 1.28 bits per heavy atom. The summed E-state index contributed by atoms with van der Waals surface area (Å²) >= 11 is 0. The Hall–Kier alpha value is -1.12. The van der Waals surface area contributed by atoms with Gasteiger partial charge in [-0.25, -0.2) is 8.42 Å². The molecule has 1 aromatic carbocycles. The number of aliphatic imine (C=N–C) groups is 1. The molecule has 0 saturated carbocycles. The molecule has 0 aromatic heterocycles. The maximum absolute atomic E-state index is 12.6. The molecule has 0 radical (unpaired) electrons. The summed E-state index contributed by atoms with van der Waals surface area (Å²) < 4.78 is 66.4. The topological polar surface area (TPSA) is 83.0 Å². The normalized spacial score (nSPS) is 16.9. The highest BCUT2D eigenvalue weighted by molar-refractivity contribution is 14.0. The number of guanidine groups is 1. The van der Waals surface area contributed by atoms with Crippen LogP contribution in [0.1, 0.15) is 24.0 Å². The molecular formula is C17H26F3IN4O3S. The summed E-state index contributed by atoms with van der Waals surface area (Å²) in [6, 6.07) is 7.69. The van der Waals surface area contributed by atoms with Gasteiger partial charge in [-0.1, -0.05) is 24.3 Å². The number of nitrogens with one attached hydrogen (secondary N) is 2. The Morgan fingerprint density at radius 2 is 1.90 bits per heavy atom. The quantitative estimate of drug-likeness (QED) is 0.323. The van der Waals surface area contributed by atoms with Gasteiger partial charge in [0.1, 0.15) is 0 Å². The van der Waals surface area contributed by atoms with Gasteiger partial charge in [-0.05, 0) is 24.0 Å². The van der Waals surface area contributed by atoms with Gasteiger partial charge in [-0.3, -0.25) is 4.99 Å². The highest BCUT2D eigenvalue weighted by atomic mass is 127. The van der Waals surface area contributed by atoms with Gasteiger partial charge in [0.2, 0.25) is 0 Å². The van der Waals surface area contributed by atoms with E-state index in [0.29, 0.717) is 23.4 Å². The van der Waals surface area contributed by atoms with E-state index in [0.717, 1.165) is 11.1 Å². The predicted molar refractivity (Wildman–Crippen MR) is 115 cm³/mol. The van der Waals surface area contributed by atoms with Gasteiger partial charge in [0.25, 0.3) is 0 Å². The van der Waals surface area contributed by atoms with Crippen LogP contribution in [0.3, 0.4) is 0 Å². The summed E-state index contributed by atoms with van der Waals surface area (Å²) in [5, 5.41) is 6.29. The first kappa shape index (κ1) is 25.9. The largest absolute Gasteiger partial charge is 0.511 e. The molecule has 2 rings (SSSR count). The Labute approximate surface area is 186 Å². The van der Waals surface area contributed by atoms with E-state index >= 15 is 0 Å². The number of ether oxygens (including phenoxy) is 1. The van der Waals surface area contributed by atoms with Crippen LogP contribution in [0.4, 0.5) is 13.2 Å². The van der Waals surface area contributed by atoms with E-state index in [-0.39, 0.29) is 55.9 Å². The van der Waals surface area contributed by atoms with Gasteiger partial charge in [0.05, 0.1) is 6.61 Å². The van der Waals surface area contributed by atoms with Crippen molar-refractivity contribution in [3.63, 3.8) is 0 Å². The second-order valence-corrected chi connectivity index (χ2v) is 8.38. The van der Waals surface area contributed by atoms with Crippen LogP contribution in [0.15, 0.2) is 29.3 Å². The average molecular weight is 550 g/mol. The van der Waals surface area contributed by atoms with Gasteiger partial charge in [0, 0.05) is 39.8 Å². The number of nitrogens with zero attached hydrogens (tertiary/aromatic N) is 2. The highest BCUT2D eigenvalue weighted by Crippen LogP contribution is 2.28. The average Bonchev–Trinajstić information content (AvgIpc) is 2.65. The fourth-order valence-electron chi connectivity index (χ4n) is 2.96. The summed E-state index contributed by atoms with van der Waals surface area (Å²) in [6.07, 6.45) is 0.526. The number of piperidine rings is 1. The molecule has 0 aliphatic carbocycles. The van der Waals surface area contributed by atoms with E-state index in [1.807, 2.05) is 24.3 Å². The van der Waals surface area contributed by atoms with Crippen LogP contribution in [-0.2, 0) is 27.9 Å². The van der Waals surface area contributed by atoms with E-state index in [9.17, 15) is 21.6 Å². The standard InChI is InChI=1S/C17H25F3N4O3S.HI/c1-21-16(22-11-13-4-3-5-14(10-13)12-27-2)23-15-6-8-24(9-7-15)28(25,26)17(18,19)20;/h3-5,10,15H,6-9,11-12H2,1-2H3,(H2,21,22,23);1H. The number of sulfonamides is 1. The van der Waals surface area contributed by atoms with E-state index < -0.39 is 15.5 Å². The third kappa shape index (κ3) is 7.26. The van der Waals surface area contributed by atoms with Gasteiger partial charge in [-0.15, -0.1) is 24.0 Å². The van der Waals surface area contributed by atoms with Crippen molar-refractivity contribution in [2.75, 3.05) is 27.2 Å². The summed E-state index contributed by atoms with van der Waals surface area (Å²) in [5.74, 6) is 0.509. The van der Waals surface area contributed by atoms with Crippen molar-refractivity contribution in [1.29, 1.82) is 0 Å². The zero-order valence-corrected chi connectivity index (χ0v) is 19.3. The lowest BCUT2D eigenvalue weighted by molar-refractivity contribution is -0.0494. The third-order valence-electron chi connectivity index (χ3n) is 4.41. The van der Waals surface area contributed by atoms with Crippen molar-refractivity contribution in [3.8, 4) is 0 Å². The number of rotatable bonds is 6. The van der Waals surface area contributed by atoms with Crippen molar-refractivity contribution in [1.82, 2.24) is 14.9 Å². The molecule has 7 nitrogen and oxygen atoms in total. The number of methoxy groups -OCH3 is 1. The summed E-state index contributed by atoms with van der Waals surface area (Å²) in [7, 11) is -2.04. The number of benzene rings is 1. The highest BCUT2D eigenvalue weighted by Gasteiger charge is 2.50. The van der Waals surface area contributed by atoms with Crippen LogP contribution in [0.25, 0.3) is 0 Å². The Kier molecular flexibility index (Phi) is 10.1. The monoisotopic (exact) mass is 550 g/mol. The van der Waals surface area contributed by atoms with E-state index in [1.165, 1.54) is 0 Å². The van der Waals surface area contributed by atoms with Crippen molar-refractivity contribution in [3.05, 3.63) is 35.4 Å². The van der Waals surface area contributed by atoms with E-state index in [1.54, 1.807) is 14.2 Å². The lowest BCUT2D eigenvalue weighted by atomic mass is 10.1. The third-order valence-corrected chi connectivity index (χ3v) is 6.04. The molecule has 1 aliphatic rings. The lowest BCUT2D eigenvalue weighted by Gasteiger charge is -2.32. The summed E-state index contributed by atoms with van der Waals surface area (Å²) in [6.45, 7) is 0.657. The van der Waals surface area contributed by atoms with Crippen LogP contribution < -0.4 is 10.6 Å². The van der Waals surface area contributed by atoms with Gasteiger partial charge < -0.3 is 15.4 Å². The van der Waals surface area contributed by atoms with Crippen LogP contribution in [0, 0.1) is 0 Å². The molecule has 1 heterocycles. The molecule has 1 aliphatic heterocycles. The van der Waals surface area contributed by atoms with Gasteiger partial charge in [0.15, 0.2) is 5.96 Å². The molecule has 0 unspecified atom stereocenters. The fraction of sp³-hybridized carbons (Fsp3) is 0.588. The van der Waals surface area contributed by atoms with Crippen LogP contribution >= 0.6 is 24.0 Å². The predicted octanol–water partition coefficient (Wildman–Crippen LogP) is 2.43. The first-order valence-corrected chi connectivity index (χ1v) is 10.2. The zero-order chi connectivity index (χ0) is 20.8. The fourth-order valence-corrected chi connectivity index (χ4v) is 3.94. The molecule has 0 atom stereocenters. The van der Waals surface area contributed by atoms with Crippen molar-refractivity contribution in [2.24, 2.45) is 4.99 Å². The van der Waals surface area contributed by atoms with Crippen molar-refractivity contribution < 1.29 is 26.3 Å². The molecule has 0 spiro atoms. The molecule has 1 saturated heterocycles. The Bertz CT molecular complexity index is 782. The first-order chi connectivity index (χ1) is 13.2. The maximum Gasteiger partial charge on any atom is 0.511 e. The van der Waals surface area contributed by atoms with Crippen molar-refractivity contribution in [2.45, 2.75) is 37.5 Å². The molecule has 166 valence electrons. The Morgan fingerprint density at radius 3 is 2.45 bits per heavy atom. The first-order valence-electron chi connectivity index (χ1n) is 8.77. The minimum absolute atomic E-state index is 0. The number of halogens is 4. The molecule has 29 heavy (non-hydrogen) atoms. The molecule has 0 bridgehead atoms. The molecule has 0 amide bonds. The molecule has 1 aromatic rings. The van der Waals surface area contributed by atoms with Gasteiger partial charge >= 0.3 is 15.5 Å². The number of hydrogen-bond donors (Lipinski definition) is 2. The van der Waals surface area contributed by atoms with E-state index in [4.69, 9.17) is 4.74 Å². The Balaban J connectivity index is 0.00000420. The smallest absolute Gasteiger partial charge is 0.380 e. The van der Waals surface area contributed by atoms with Crippen LogP contribution in [0.5, 0.6) is 0 Å². The maximum atomic E-state index is 12.6. The molecule has 1 fully saturated rings. The van der Waals surface area contributed by atoms with Crippen LogP contribution in [-0.4, -0.2) is 57.5 Å². The minimum atomic E-state index is -5.26. The van der Waals surface area contributed by atoms with Crippen molar-refractivity contribution >= 4 is 40.0 Å². The zero-order valence-electron chi connectivity index (χ0n) is 16.2. The number of alkyl halides is 3. The molecule has 2 N–H and O–H groups in total. The minimum Gasteiger partial charge on any atom is -0.380 e. The lowest BCUT2D eigenvalue weighted by Crippen LogP contribution is -2.51.